The van der Waals surface area contributed by atoms with Crippen LogP contribution in [0.1, 0.15) is 33.6 Å². The van der Waals surface area contributed by atoms with Gasteiger partial charge >= 0.3 is 5.97 Å². The lowest BCUT2D eigenvalue weighted by atomic mass is 10.1. The molecule has 9 nitrogen and oxygen atoms in total. The Labute approximate surface area is 220 Å². The van der Waals surface area contributed by atoms with Gasteiger partial charge in [0.2, 0.25) is 0 Å². The third-order valence-electron chi connectivity index (χ3n) is 4.49. The third-order valence-corrected chi connectivity index (χ3v) is 4.78. The molecule has 0 amide bonds. The number of aromatic nitrogens is 2. The van der Waals surface area contributed by atoms with E-state index in [9.17, 15) is 19.4 Å². The van der Waals surface area contributed by atoms with Crippen molar-refractivity contribution in [2.45, 2.75) is 45.8 Å². The van der Waals surface area contributed by atoms with Gasteiger partial charge in [0, 0.05) is 23.6 Å². The summed E-state index contributed by atoms with van der Waals surface area (Å²) in [6.07, 6.45) is 0.162. The number of carboxylic acids is 1. The molecular weight excluding hydrogens is 505 g/mol. The van der Waals surface area contributed by atoms with Crippen molar-refractivity contribution in [2.75, 3.05) is 19.0 Å². The number of allylic oxidation sites excluding steroid dienone is 1. The van der Waals surface area contributed by atoms with Crippen LogP contribution in [0.5, 0.6) is 11.5 Å². The number of anilines is 2. The maximum atomic E-state index is 13.4. The first-order chi connectivity index (χ1) is 17.7. The zero-order valence-corrected chi connectivity index (χ0v) is 22.0. The van der Waals surface area contributed by atoms with Crippen molar-refractivity contribution in [3.05, 3.63) is 60.2 Å². The molecule has 3 rings (SSSR count). The van der Waals surface area contributed by atoms with Crippen molar-refractivity contribution in [1.82, 2.24) is 9.97 Å². The van der Waals surface area contributed by atoms with Crippen LogP contribution < -0.4 is 14.8 Å². The number of rotatable bonds is 10. The molecule has 2 unspecified atom stereocenters. The summed E-state index contributed by atoms with van der Waals surface area (Å²) < 4.78 is 24.4. The number of aliphatic hydroxyl groups excluding tert-OH is 2. The second kappa shape index (κ2) is 16.3. The minimum atomic E-state index is -1.20. The predicted molar refractivity (Wildman–Crippen MR) is 142 cm³/mol. The van der Waals surface area contributed by atoms with Gasteiger partial charge in [0.1, 0.15) is 24.6 Å². The average molecular weight is 538 g/mol. The van der Waals surface area contributed by atoms with Crippen LogP contribution in [-0.4, -0.2) is 57.2 Å². The summed E-state index contributed by atoms with van der Waals surface area (Å²) in [6.45, 7) is 9.04. The highest BCUT2D eigenvalue weighted by molar-refractivity contribution is 6.31. The molecular formula is C26H33ClFN3O6. The van der Waals surface area contributed by atoms with Crippen LogP contribution in [-0.2, 0) is 4.79 Å². The lowest BCUT2D eigenvalue weighted by Crippen LogP contribution is -2.25. The minimum absolute atomic E-state index is 0.0434. The van der Waals surface area contributed by atoms with E-state index < -0.39 is 30.4 Å². The van der Waals surface area contributed by atoms with E-state index in [1.807, 2.05) is 20.8 Å². The Kier molecular flexibility index (Phi) is 13.9. The van der Waals surface area contributed by atoms with Crippen molar-refractivity contribution in [3.63, 3.8) is 0 Å². The number of aliphatic hydroxyl groups is 2. The maximum absolute atomic E-state index is 13.4. The number of nitrogens with zero attached hydrogens (tertiary/aromatic N) is 2. The number of hydrogen-bond acceptors (Lipinski definition) is 8. The number of hydrogen-bond donors (Lipinski definition) is 4. The fraction of sp³-hybridized carbons (Fsp3) is 0.346. The van der Waals surface area contributed by atoms with E-state index in [0.29, 0.717) is 28.2 Å². The zero-order valence-electron chi connectivity index (χ0n) is 21.2. The zero-order chi connectivity index (χ0) is 28.0. The second-order valence-corrected chi connectivity index (χ2v) is 7.76. The lowest BCUT2D eigenvalue weighted by Gasteiger charge is -2.17. The number of benzene rings is 2. The normalized spacial score (nSPS) is 11.7. The highest BCUT2D eigenvalue weighted by Gasteiger charge is 2.18. The first kappa shape index (κ1) is 31.6. The molecule has 0 bridgehead atoms. The van der Waals surface area contributed by atoms with E-state index in [4.69, 9.17) is 26.2 Å². The largest absolute Gasteiger partial charge is 0.493 e. The molecule has 0 radical (unpaired) electrons. The Bertz CT molecular complexity index is 1160. The highest BCUT2D eigenvalue weighted by Crippen LogP contribution is 2.35. The topological polar surface area (TPSA) is 134 Å². The molecule has 0 aliphatic carbocycles. The van der Waals surface area contributed by atoms with Crippen LogP contribution in [0.2, 0.25) is 5.02 Å². The van der Waals surface area contributed by atoms with Gasteiger partial charge in [-0.2, -0.15) is 0 Å². The van der Waals surface area contributed by atoms with Gasteiger partial charge in [-0.1, -0.05) is 31.5 Å². The molecule has 0 fully saturated rings. The minimum Gasteiger partial charge on any atom is -0.493 e. The summed E-state index contributed by atoms with van der Waals surface area (Å²) in [6, 6.07) is 7.40. The van der Waals surface area contributed by atoms with Crippen LogP contribution in [0.3, 0.4) is 0 Å². The number of fused-ring (bicyclic) bond motifs is 1. The Morgan fingerprint density at radius 3 is 2.46 bits per heavy atom. The van der Waals surface area contributed by atoms with E-state index in [2.05, 4.69) is 21.9 Å². The third kappa shape index (κ3) is 10.2. The molecule has 11 heteroatoms. The summed E-state index contributed by atoms with van der Waals surface area (Å²) >= 11 is 5.84. The molecule has 0 aliphatic rings. The molecule has 0 saturated carbocycles. The van der Waals surface area contributed by atoms with Crippen molar-refractivity contribution in [3.8, 4) is 11.5 Å². The van der Waals surface area contributed by atoms with Crippen LogP contribution in [0.25, 0.3) is 10.9 Å². The SMILES string of the molecule is C=CC.CC.COc1cc2ncnc(Nc3ccc(F)c(Cl)c3)c2cc1OCC(O)CC(O)CC(=O)O. The van der Waals surface area contributed by atoms with Gasteiger partial charge in [-0.25, -0.2) is 14.4 Å². The number of nitrogens with one attached hydrogen (secondary N) is 1. The molecule has 3 aromatic rings. The fourth-order valence-corrected chi connectivity index (χ4v) is 3.18. The van der Waals surface area contributed by atoms with Gasteiger partial charge in [-0.3, -0.25) is 4.79 Å². The van der Waals surface area contributed by atoms with Crippen molar-refractivity contribution in [2.24, 2.45) is 0 Å². The molecule has 0 saturated heterocycles. The summed E-state index contributed by atoms with van der Waals surface area (Å²) in [4.78, 5) is 19.1. The van der Waals surface area contributed by atoms with E-state index in [1.54, 1.807) is 18.2 Å². The van der Waals surface area contributed by atoms with Gasteiger partial charge in [0.25, 0.3) is 0 Å². The monoisotopic (exact) mass is 537 g/mol. The highest BCUT2D eigenvalue weighted by atomic mass is 35.5. The Morgan fingerprint density at radius 1 is 1.19 bits per heavy atom. The molecule has 202 valence electrons. The van der Waals surface area contributed by atoms with E-state index in [-0.39, 0.29) is 23.8 Å². The van der Waals surface area contributed by atoms with Gasteiger partial charge < -0.3 is 30.1 Å². The molecule has 1 heterocycles. The van der Waals surface area contributed by atoms with Crippen molar-refractivity contribution in [1.29, 1.82) is 0 Å². The number of methoxy groups -OCH3 is 1. The van der Waals surface area contributed by atoms with Gasteiger partial charge in [-0.05, 0) is 31.2 Å². The standard InChI is InChI=1S/C21H21ClFN3O6.C3H6.C2H6/c1-31-18-8-17-14(7-19(18)32-9-13(28)5-12(27)6-20(29)30)21(25-10-24-17)26-11-2-3-16(23)15(22)4-11;1-3-2;1-2/h2-4,7-8,10,12-13,27-28H,5-6,9H2,1H3,(H,29,30)(H,24,25,26);3H,1H2,2H3;1-2H3. The van der Waals surface area contributed by atoms with Gasteiger partial charge in [0.05, 0.1) is 36.3 Å². The lowest BCUT2D eigenvalue weighted by molar-refractivity contribution is -0.139. The quantitative estimate of drug-likeness (QED) is 0.252. The molecule has 1 aromatic heterocycles. The van der Waals surface area contributed by atoms with Crippen LogP contribution in [0.4, 0.5) is 15.9 Å². The first-order valence-electron chi connectivity index (χ1n) is 11.5. The van der Waals surface area contributed by atoms with Crippen molar-refractivity contribution < 1.29 is 34.0 Å². The van der Waals surface area contributed by atoms with Gasteiger partial charge in [0.15, 0.2) is 11.5 Å². The Hall–Kier alpha value is -3.47. The molecule has 4 N–H and O–H groups in total. The molecule has 0 spiro atoms. The number of carboxylic acid groups (broad SMARTS) is 1. The number of aliphatic carboxylic acids is 1. The Morgan fingerprint density at radius 2 is 1.86 bits per heavy atom. The fourth-order valence-electron chi connectivity index (χ4n) is 3.00. The number of halogens is 2. The molecule has 2 aromatic carbocycles. The summed E-state index contributed by atoms with van der Waals surface area (Å²) in [7, 11) is 1.45. The smallest absolute Gasteiger partial charge is 0.305 e. The number of ether oxygens (including phenoxy) is 2. The maximum Gasteiger partial charge on any atom is 0.305 e. The van der Waals surface area contributed by atoms with Crippen LogP contribution in [0, 0.1) is 5.82 Å². The van der Waals surface area contributed by atoms with E-state index in [1.165, 1.54) is 31.6 Å². The van der Waals surface area contributed by atoms with Gasteiger partial charge in [-0.15, -0.1) is 6.58 Å². The summed E-state index contributed by atoms with van der Waals surface area (Å²) in [5.74, 6) is -0.670. The van der Waals surface area contributed by atoms with Crippen LogP contribution >= 0.6 is 11.6 Å². The van der Waals surface area contributed by atoms with Crippen LogP contribution in [0.15, 0.2) is 49.3 Å². The number of carbonyl (C=O) groups is 1. The predicted octanol–water partition coefficient (Wildman–Crippen LogP) is 5.36. The first-order valence-corrected chi connectivity index (χ1v) is 11.9. The average Bonchev–Trinajstić information content (AvgIpc) is 2.86. The summed E-state index contributed by atoms with van der Waals surface area (Å²) in [5.41, 5.74) is 1.05. The summed E-state index contributed by atoms with van der Waals surface area (Å²) in [5, 5.41) is 32.0. The van der Waals surface area contributed by atoms with E-state index in [0.717, 1.165) is 0 Å². The molecule has 37 heavy (non-hydrogen) atoms. The Balaban J connectivity index is 0.00000127. The molecule has 2 atom stereocenters. The van der Waals surface area contributed by atoms with E-state index >= 15 is 0 Å². The van der Waals surface area contributed by atoms with Crippen molar-refractivity contribution >= 4 is 40.0 Å². The molecule has 0 aliphatic heterocycles. The second-order valence-electron chi connectivity index (χ2n) is 7.36.